The monoisotopic (exact) mass is 378 g/mol. The summed E-state index contributed by atoms with van der Waals surface area (Å²) in [5.41, 5.74) is 9.02. The largest absolute Gasteiger partial charge is 0.497 e. The number of rotatable bonds is 5. The van der Waals surface area contributed by atoms with E-state index in [-0.39, 0.29) is 22.0 Å². The van der Waals surface area contributed by atoms with Crippen LogP contribution >= 0.6 is 11.3 Å². The van der Waals surface area contributed by atoms with Crippen molar-refractivity contribution >= 4 is 39.3 Å². The van der Waals surface area contributed by atoms with E-state index in [1.807, 2.05) is 31.2 Å². The molecule has 0 atom stereocenters. The summed E-state index contributed by atoms with van der Waals surface area (Å²) < 4.78 is 5.15. The second kappa shape index (κ2) is 7.81. The maximum atomic E-state index is 12.7. The standard InChI is InChI=1S/C20H18N4O2S/c1-12-6-8-13(9-7-12)24-20-16(11-21)17(22)18(27-20)19(25)23-14-4-3-5-15(10-14)26-2/h3-10,24H,22H2,1-2H3,(H,23,25). The number of anilines is 4. The summed E-state index contributed by atoms with van der Waals surface area (Å²) in [6, 6.07) is 16.8. The number of amides is 1. The van der Waals surface area contributed by atoms with Crippen molar-refractivity contribution in [3.05, 3.63) is 64.5 Å². The lowest BCUT2D eigenvalue weighted by Gasteiger charge is -2.06. The number of nitrogens with zero attached hydrogens (tertiary/aromatic N) is 1. The molecule has 0 saturated carbocycles. The minimum absolute atomic E-state index is 0.164. The third kappa shape index (κ3) is 4.02. The third-order valence-electron chi connectivity index (χ3n) is 3.90. The second-order valence-electron chi connectivity index (χ2n) is 5.84. The van der Waals surface area contributed by atoms with Crippen molar-refractivity contribution in [2.24, 2.45) is 0 Å². The fourth-order valence-corrected chi connectivity index (χ4v) is 3.45. The zero-order valence-electron chi connectivity index (χ0n) is 14.9. The quantitative estimate of drug-likeness (QED) is 0.606. The molecule has 2 aromatic carbocycles. The summed E-state index contributed by atoms with van der Waals surface area (Å²) in [4.78, 5) is 12.9. The van der Waals surface area contributed by atoms with Gasteiger partial charge in [-0.05, 0) is 31.2 Å². The predicted octanol–water partition coefficient (Wildman–Crippen LogP) is 4.51. The van der Waals surface area contributed by atoms with Crippen LogP contribution in [0.2, 0.25) is 0 Å². The first-order valence-electron chi connectivity index (χ1n) is 8.13. The van der Waals surface area contributed by atoms with E-state index < -0.39 is 0 Å². The molecule has 6 nitrogen and oxygen atoms in total. The first-order valence-corrected chi connectivity index (χ1v) is 8.95. The number of nitriles is 1. The molecule has 7 heteroatoms. The summed E-state index contributed by atoms with van der Waals surface area (Å²) in [6.07, 6.45) is 0. The average Bonchev–Trinajstić information content (AvgIpc) is 2.99. The van der Waals surface area contributed by atoms with Gasteiger partial charge < -0.3 is 21.1 Å². The Morgan fingerprint density at radius 2 is 1.93 bits per heavy atom. The van der Waals surface area contributed by atoms with E-state index >= 15 is 0 Å². The number of nitrogens with one attached hydrogen (secondary N) is 2. The maximum Gasteiger partial charge on any atom is 0.267 e. The Hall–Kier alpha value is -3.50. The van der Waals surface area contributed by atoms with Gasteiger partial charge >= 0.3 is 0 Å². The van der Waals surface area contributed by atoms with Crippen LogP contribution in [0, 0.1) is 18.3 Å². The molecule has 1 aromatic heterocycles. The van der Waals surface area contributed by atoms with Gasteiger partial charge in [0.1, 0.15) is 27.3 Å². The van der Waals surface area contributed by atoms with E-state index in [1.165, 1.54) is 0 Å². The van der Waals surface area contributed by atoms with Gasteiger partial charge in [0.05, 0.1) is 12.8 Å². The summed E-state index contributed by atoms with van der Waals surface area (Å²) in [7, 11) is 1.56. The topological polar surface area (TPSA) is 100 Å². The van der Waals surface area contributed by atoms with Crippen molar-refractivity contribution in [1.29, 1.82) is 5.26 Å². The Balaban J connectivity index is 1.87. The SMILES string of the molecule is COc1cccc(NC(=O)c2sc(Nc3ccc(C)cc3)c(C#N)c2N)c1. The zero-order valence-corrected chi connectivity index (χ0v) is 15.7. The molecule has 0 aliphatic carbocycles. The number of hydrogen-bond donors (Lipinski definition) is 3. The van der Waals surface area contributed by atoms with Gasteiger partial charge in [-0.15, -0.1) is 11.3 Å². The second-order valence-corrected chi connectivity index (χ2v) is 6.86. The average molecular weight is 378 g/mol. The van der Waals surface area contributed by atoms with Crippen LogP contribution in [0.4, 0.5) is 22.1 Å². The van der Waals surface area contributed by atoms with Gasteiger partial charge in [0, 0.05) is 17.4 Å². The Morgan fingerprint density at radius 1 is 1.19 bits per heavy atom. The number of carbonyl (C=O) groups excluding carboxylic acids is 1. The van der Waals surface area contributed by atoms with Gasteiger partial charge in [-0.25, -0.2) is 0 Å². The van der Waals surface area contributed by atoms with E-state index in [2.05, 4.69) is 16.7 Å². The van der Waals surface area contributed by atoms with Crippen LogP contribution < -0.4 is 21.1 Å². The normalized spacial score (nSPS) is 10.1. The van der Waals surface area contributed by atoms with Gasteiger partial charge in [-0.1, -0.05) is 23.8 Å². The fourth-order valence-electron chi connectivity index (χ4n) is 2.47. The number of methoxy groups -OCH3 is 1. The number of thiophene rings is 1. The molecule has 1 heterocycles. The van der Waals surface area contributed by atoms with Crippen LogP contribution in [-0.4, -0.2) is 13.0 Å². The Morgan fingerprint density at radius 3 is 2.59 bits per heavy atom. The third-order valence-corrected chi connectivity index (χ3v) is 5.02. The number of nitrogens with two attached hydrogens (primary N) is 1. The number of nitrogen functional groups attached to an aromatic ring is 1. The van der Waals surface area contributed by atoms with Gasteiger partial charge in [0.2, 0.25) is 0 Å². The van der Waals surface area contributed by atoms with Gasteiger partial charge in [0.25, 0.3) is 5.91 Å². The lowest BCUT2D eigenvalue weighted by Crippen LogP contribution is -2.12. The van der Waals surface area contributed by atoms with Gasteiger partial charge in [0.15, 0.2) is 0 Å². The summed E-state index contributed by atoms with van der Waals surface area (Å²) >= 11 is 1.15. The van der Waals surface area contributed by atoms with E-state index in [0.717, 1.165) is 22.6 Å². The fraction of sp³-hybridized carbons (Fsp3) is 0.100. The molecule has 136 valence electrons. The maximum absolute atomic E-state index is 12.7. The highest BCUT2D eigenvalue weighted by Crippen LogP contribution is 2.37. The molecule has 0 aliphatic heterocycles. The summed E-state index contributed by atoms with van der Waals surface area (Å²) in [5, 5.41) is 15.9. The van der Waals surface area contributed by atoms with Crippen molar-refractivity contribution in [2.75, 3.05) is 23.5 Å². The van der Waals surface area contributed by atoms with Gasteiger partial charge in [-0.3, -0.25) is 4.79 Å². The molecule has 0 fully saturated rings. The Bertz CT molecular complexity index is 1020. The molecule has 27 heavy (non-hydrogen) atoms. The number of benzene rings is 2. The lowest BCUT2D eigenvalue weighted by atomic mass is 10.2. The Labute approximate surface area is 161 Å². The molecule has 3 aromatic rings. The highest BCUT2D eigenvalue weighted by molar-refractivity contribution is 7.19. The first kappa shape index (κ1) is 18.3. The van der Waals surface area contributed by atoms with Crippen molar-refractivity contribution in [3.8, 4) is 11.8 Å². The van der Waals surface area contributed by atoms with E-state index in [1.54, 1.807) is 31.4 Å². The van der Waals surface area contributed by atoms with Crippen LogP contribution in [0.1, 0.15) is 20.8 Å². The smallest absolute Gasteiger partial charge is 0.267 e. The van der Waals surface area contributed by atoms with Crippen LogP contribution in [0.5, 0.6) is 5.75 Å². The molecule has 0 spiro atoms. The highest BCUT2D eigenvalue weighted by Gasteiger charge is 2.21. The molecule has 3 rings (SSSR count). The molecule has 0 saturated heterocycles. The Kier molecular flexibility index (Phi) is 5.29. The number of hydrogen-bond acceptors (Lipinski definition) is 6. The zero-order chi connectivity index (χ0) is 19.4. The number of ether oxygens (including phenoxy) is 1. The highest BCUT2D eigenvalue weighted by atomic mass is 32.1. The number of carbonyl (C=O) groups is 1. The van der Waals surface area contributed by atoms with Crippen molar-refractivity contribution in [1.82, 2.24) is 0 Å². The predicted molar refractivity (Wildman–Crippen MR) is 109 cm³/mol. The minimum Gasteiger partial charge on any atom is -0.497 e. The van der Waals surface area contributed by atoms with Crippen LogP contribution in [0.3, 0.4) is 0 Å². The molecule has 0 unspecified atom stereocenters. The lowest BCUT2D eigenvalue weighted by molar-refractivity contribution is 0.103. The van der Waals surface area contributed by atoms with E-state index in [0.29, 0.717) is 16.4 Å². The molecule has 0 radical (unpaired) electrons. The minimum atomic E-state index is -0.376. The molecule has 1 amide bonds. The van der Waals surface area contributed by atoms with E-state index in [9.17, 15) is 10.1 Å². The van der Waals surface area contributed by atoms with E-state index in [4.69, 9.17) is 10.5 Å². The molecule has 4 N–H and O–H groups in total. The van der Waals surface area contributed by atoms with Gasteiger partial charge in [-0.2, -0.15) is 5.26 Å². The van der Waals surface area contributed by atoms with Crippen LogP contribution in [-0.2, 0) is 0 Å². The van der Waals surface area contributed by atoms with Crippen LogP contribution in [0.25, 0.3) is 0 Å². The molecular weight excluding hydrogens is 360 g/mol. The molecule has 0 bridgehead atoms. The first-order chi connectivity index (χ1) is 13.0. The van der Waals surface area contributed by atoms with Crippen LogP contribution in [0.15, 0.2) is 48.5 Å². The summed E-state index contributed by atoms with van der Waals surface area (Å²) in [6.45, 7) is 1.99. The van der Waals surface area contributed by atoms with Crippen molar-refractivity contribution < 1.29 is 9.53 Å². The molecule has 0 aliphatic rings. The van der Waals surface area contributed by atoms with Crippen molar-refractivity contribution in [3.63, 3.8) is 0 Å². The summed E-state index contributed by atoms with van der Waals surface area (Å²) in [5.74, 6) is 0.255. The molecular formula is C20H18N4O2S. The van der Waals surface area contributed by atoms with Crippen molar-refractivity contribution in [2.45, 2.75) is 6.92 Å². The number of aryl methyl sites for hydroxylation is 1.